The minimum absolute atomic E-state index is 0.579. The second-order valence-corrected chi connectivity index (χ2v) is 6.64. The molecule has 0 N–H and O–H groups in total. The van der Waals surface area contributed by atoms with Gasteiger partial charge in [-0.1, -0.05) is 5.16 Å². The summed E-state index contributed by atoms with van der Waals surface area (Å²) < 4.78 is 7.05. The quantitative estimate of drug-likeness (QED) is 0.697. The molecule has 0 aromatic carbocycles. The van der Waals surface area contributed by atoms with Gasteiger partial charge in [-0.2, -0.15) is 10.1 Å². The van der Waals surface area contributed by atoms with E-state index in [1.54, 1.807) is 17.2 Å². The SMILES string of the molecule is Cc1noc(N2CC3CN(c4cc(-n5cccn5)ncn4)CC3C2)n1. The third-order valence-corrected chi connectivity index (χ3v) is 4.97. The smallest absolute Gasteiger partial charge is 0.324 e. The van der Waals surface area contributed by atoms with Crippen molar-refractivity contribution in [3.63, 3.8) is 0 Å². The highest BCUT2D eigenvalue weighted by atomic mass is 16.5. The van der Waals surface area contributed by atoms with Crippen LogP contribution in [-0.4, -0.2) is 56.1 Å². The molecule has 9 nitrogen and oxygen atoms in total. The zero-order valence-electron chi connectivity index (χ0n) is 13.9. The van der Waals surface area contributed by atoms with Crippen molar-refractivity contribution in [2.75, 3.05) is 36.0 Å². The lowest BCUT2D eigenvalue weighted by molar-refractivity contribution is 0.411. The molecule has 2 unspecified atom stereocenters. The minimum Gasteiger partial charge on any atom is -0.356 e. The van der Waals surface area contributed by atoms with E-state index in [0.29, 0.717) is 23.7 Å². The maximum atomic E-state index is 5.30. The summed E-state index contributed by atoms with van der Waals surface area (Å²) in [7, 11) is 0. The van der Waals surface area contributed by atoms with E-state index < -0.39 is 0 Å². The topological polar surface area (TPSA) is 89.0 Å². The number of aryl methyl sites for hydroxylation is 1. The fraction of sp³-hybridized carbons (Fsp3) is 0.438. The molecular formula is C16H18N8O. The van der Waals surface area contributed by atoms with Crippen LogP contribution in [0.1, 0.15) is 5.82 Å². The molecule has 3 aromatic rings. The first-order valence-electron chi connectivity index (χ1n) is 8.38. The van der Waals surface area contributed by atoms with Gasteiger partial charge < -0.3 is 14.3 Å². The van der Waals surface area contributed by atoms with Crippen LogP contribution >= 0.6 is 0 Å². The summed E-state index contributed by atoms with van der Waals surface area (Å²) in [6.07, 6.45) is 5.24. The van der Waals surface area contributed by atoms with Gasteiger partial charge >= 0.3 is 6.01 Å². The second-order valence-electron chi connectivity index (χ2n) is 6.64. The summed E-state index contributed by atoms with van der Waals surface area (Å²) in [5, 5.41) is 8.12. The summed E-state index contributed by atoms with van der Waals surface area (Å²) >= 11 is 0. The minimum atomic E-state index is 0.579. The summed E-state index contributed by atoms with van der Waals surface area (Å²) in [6, 6.07) is 4.52. The zero-order valence-corrected chi connectivity index (χ0v) is 13.9. The van der Waals surface area contributed by atoms with Gasteiger partial charge in [0.2, 0.25) is 0 Å². The number of hydrogen-bond donors (Lipinski definition) is 0. The first-order chi connectivity index (χ1) is 12.3. The monoisotopic (exact) mass is 338 g/mol. The Labute approximate surface area is 144 Å². The molecule has 5 rings (SSSR count). The van der Waals surface area contributed by atoms with Gasteiger partial charge in [-0.25, -0.2) is 14.6 Å². The molecule has 2 saturated heterocycles. The maximum Gasteiger partial charge on any atom is 0.324 e. The van der Waals surface area contributed by atoms with E-state index in [1.807, 2.05) is 25.3 Å². The Morgan fingerprint density at radius 3 is 2.48 bits per heavy atom. The van der Waals surface area contributed by atoms with Crippen LogP contribution in [0.3, 0.4) is 0 Å². The normalized spacial score (nSPS) is 22.6. The molecule has 128 valence electrons. The third-order valence-electron chi connectivity index (χ3n) is 4.97. The van der Waals surface area contributed by atoms with Crippen molar-refractivity contribution in [3.05, 3.63) is 36.7 Å². The van der Waals surface area contributed by atoms with Crippen LogP contribution in [0.2, 0.25) is 0 Å². The molecule has 2 aliphatic heterocycles. The van der Waals surface area contributed by atoms with Crippen LogP contribution in [0.15, 0.2) is 35.4 Å². The van der Waals surface area contributed by atoms with Crippen LogP contribution in [0.5, 0.6) is 0 Å². The maximum absolute atomic E-state index is 5.30. The fourth-order valence-electron chi connectivity index (χ4n) is 3.79. The predicted octanol–water partition coefficient (Wildman–Crippen LogP) is 0.926. The molecule has 5 heterocycles. The third kappa shape index (κ3) is 2.51. The van der Waals surface area contributed by atoms with Crippen molar-refractivity contribution < 1.29 is 4.52 Å². The molecule has 2 aliphatic rings. The molecule has 0 radical (unpaired) electrons. The van der Waals surface area contributed by atoms with Crippen LogP contribution < -0.4 is 9.80 Å². The van der Waals surface area contributed by atoms with Crippen molar-refractivity contribution in [3.8, 4) is 5.82 Å². The molecule has 0 saturated carbocycles. The molecule has 0 aliphatic carbocycles. The lowest BCUT2D eigenvalue weighted by Crippen LogP contribution is -2.29. The Morgan fingerprint density at radius 2 is 1.80 bits per heavy atom. The number of fused-ring (bicyclic) bond motifs is 1. The summed E-state index contributed by atoms with van der Waals surface area (Å²) in [5.41, 5.74) is 0. The molecular weight excluding hydrogens is 320 g/mol. The van der Waals surface area contributed by atoms with Crippen molar-refractivity contribution in [2.24, 2.45) is 11.8 Å². The Hall–Kier alpha value is -2.97. The molecule has 2 atom stereocenters. The van der Waals surface area contributed by atoms with Crippen LogP contribution in [0.4, 0.5) is 11.8 Å². The highest BCUT2D eigenvalue weighted by Crippen LogP contribution is 2.35. The highest BCUT2D eigenvalue weighted by Gasteiger charge is 2.42. The number of nitrogens with zero attached hydrogens (tertiary/aromatic N) is 8. The Bertz CT molecular complexity index is 862. The lowest BCUT2D eigenvalue weighted by Gasteiger charge is -2.21. The van der Waals surface area contributed by atoms with E-state index in [-0.39, 0.29) is 0 Å². The van der Waals surface area contributed by atoms with Gasteiger partial charge in [0, 0.05) is 56.5 Å². The van der Waals surface area contributed by atoms with E-state index in [4.69, 9.17) is 4.52 Å². The summed E-state index contributed by atoms with van der Waals surface area (Å²) in [4.78, 5) is 17.6. The lowest BCUT2D eigenvalue weighted by atomic mass is 10.0. The molecule has 0 spiro atoms. The second kappa shape index (κ2) is 5.54. The largest absolute Gasteiger partial charge is 0.356 e. The van der Waals surface area contributed by atoms with Gasteiger partial charge in [-0.05, 0) is 13.0 Å². The van der Waals surface area contributed by atoms with Gasteiger partial charge in [0.15, 0.2) is 11.6 Å². The van der Waals surface area contributed by atoms with Crippen LogP contribution in [0, 0.1) is 18.8 Å². The molecule has 0 amide bonds. The van der Waals surface area contributed by atoms with E-state index in [2.05, 4.69) is 35.0 Å². The van der Waals surface area contributed by atoms with E-state index in [9.17, 15) is 0 Å². The van der Waals surface area contributed by atoms with Crippen LogP contribution in [-0.2, 0) is 0 Å². The Balaban J connectivity index is 1.31. The van der Waals surface area contributed by atoms with Gasteiger partial charge in [-0.3, -0.25) is 0 Å². The van der Waals surface area contributed by atoms with Crippen molar-refractivity contribution in [1.29, 1.82) is 0 Å². The number of anilines is 2. The van der Waals surface area contributed by atoms with Gasteiger partial charge in [0.05, 0.1) is 0 Å². The average Bonchev–Trinajstić information content (AvgIpc) is 3.38. The van der Waals surface area contributed by atoms with E-state index >= 15 is 0 Å². The summed E-state index contributed by atoms with van der Waals surface area (Å²) in [5.74, 6) is 3.58. The van der Waals surface area contributed by atoms with Gasteiger partial charge in [-0.15, -0.1) is 0 Å². The predicted molar refractivity (Wildman–Crippen MR) is 89.6 cm³/mol. The molecule has 2 fully saturated rings. The molecule has 0 bridgehead atoms. The molecule has 9 heteroatoms. The van der Waals surface area contributed by atoms with Crippen LogP contribution in [0.25, 0.3) is 5.82 Å². The zero-order chi connectivity index (χ0) is 16.8. The number of hydrogen-bond acceptors (Lipinski definition) is 8. The van der Waals surface area contributed by atoms with Gasteiger partial charge in [0.1, 0.15) is 12.1 Å². The van der Waals surface area contributed by atoms with Crippen molar-refractivity contribution in [2.45, 2.75) is 6.92 Å². The Kier molecular flexibility index (Phi) is 3.19. The number of rotatable bonds is 3. The summed E-state index contributed by atoms with van der Waals surface area (Å²) in [6.45, 7) is 5.69. The molecule has 25 heavy (non-hydrogen) atoms. The Morgan fingerprint density at radius 1 is 1.04 bits per heavy atom. The number of aromatic nitrogens is 6. The van der Waals surface area contributed by atoms with Gasteiger partial charge in [0.25, 0.3) is 0 Å². The molecule has 3 aromatic heterocycles. The fourth-order valence-corrected chi connectivity index (χ4v) is 3.79. The highest BCUT2D eigenvalue weighted by molar-refractivity contribution is 5.45. The van der Waals surface area contributed by atoms with E-state index in [0.717, 1.165) is 37.8 Å². The van der Waals surface area contributed by atoms with Crippen molar-refractivity contribution >= 4 is 11.8 Å². The van der Waals surface area contributed by atoms with Crippen molar-refractivity contribution in [1.82, 2.24) is 29.9 Å². The first-order valence-corrected chi connectivity index (χ1v) is 8.38. The first kappa shape index (κ1) is 14.4. The average molecular weight is 338 g/mol. The van der Waals surface area contributed by atoms with E-state index in [1.165, 1.54) is 0 Å². The standard InChI is InChI=1S/C16H18N8O/c1-11-20-16(25-21-11)23-8-12-6-22(7-13(12)9-23)14-5-15(18-10-17-14)24-4-2-3-19-24/h2-5,10,12-13H,6-9H2,1H3.